The largest absolute Gasteiger partial charge is 0.317 e. The van der Waals surface area contributed by atoms with Crippen molar-refractivity contribution in [1.82, 2.24) is 9.88 Å². The smallest absolute Gasteiger partial charge is 0.270 e. The van der Waals surface area contributed by atoms with E-state index in [4.69, 9.17) is 12.2 Å². The highest BCUT2D eigenvalue weighted by molar-refractivity contribution is 7.80. The number of hydrogen-bond acceptors (Lipinski definition) is 3. The van der Waals surface area contributed by atoms with E-state index < -0.39 is 11.8 Å². The monoisotopic (exact) mass is 485 g/mol. The molecule has 2 amide bonds. The van der Waals surface area contributed by atoms with Gasteiger partial charge in [0.1, 0.15) is 5.57 Å². The zero-order chi connectivity index (χ0) is 25.6. The molecule has 1 fully saturated rings. The van der Waals surface area contributed by atoms with Gasteiger partial charge in [-0.25, -0.2) is 0 Å². The highest BCUT2D eigenvalue weighted by Gasteiger charge is 2.34. The van der Waals surface area contributed by atoms with Crippen LogP contribution in [0.25, 0.3) is 11.8 Å². The van der Waals surface area contributed by atoms with Crippen LogP contribution in [0.3, 0.4) is 0 Å². The van der Waals surface area contributed by atoms with Crippen molar-refractivity contribution in [3.63, 3.8) is 0 Å². The SMILES string of the molecule is Cc1cc(C)c(-n2c(C)cc(/C=C3\C(=O)NC(=S)N(c4ccc(C(C)C)cc4)C3=O)c2C)c(C)c1. The quantitative estimate of drug-likeness (QED) is 0.281. The number of carbonyl (C=O) groups is 2. The number of hydrogen-bond donors (Lipinski definition) is 1. The molecular weight excluding hydrogens is 454 g/mol. The van der Waals surface area contributed by atoms with Crippen molar-refractivity contribution in [3.05, 3.63) is 87.2 Å². The van der Waals surface area contributed by atoms with Crippen LogP contribution in [0, 0.1) is 34.6 Å². The summed E-state index contributed by atoms with van der Waals surface area (Å²) in [7, 11) is 0. The van der Waals surface area contributed by atoms with Gasteiger partial charge in [-0.15, -0.1) is 0 Å². The lowest BCUT2D eigenvalue weighted by atomic mass is 10.0. The Kier molecular flexibility index (Phi) is 6.52. The van der Waals surface area contributed by atoms with Gasteiger partial charge >= 0.3 is 0 Å². The highest BCUT2D eigenvalue weighted by Crippen LogP contribution is 2.30. The Morgan fingerprint density at radius 3 is 2.09 bits per heavy atom. The van der Waals surface area contributed by atoms with Crippen LogP contribution in [0.1, 0.15) is 59.0 Å². The molecule has 1 aliphatic heterocycles. The molecule has 1 aliphatic rings. The maximum absolute atomic E-state index is 13.5. The minimum atomic E-state index is -0.484. The minimum Gasteiger partial charge on any atom is -0.317 e. The van der Waals surface area contributed by atoms with Gasteiger partial charge in [-0.3, -0.25) is 19.8 Å². The number of rotatable bonds is 4. The molecule has 0 unspecified atom stereocenters. The summed E-state index contributed by atoms with van der Waals surface area (Å²) in [6.45, 7) is 14.6. The molecule has 2 aromatic carbocycles. The summed E-state index contributed by atoms with van der Waals surface area (Å²) in [5, 5.41) is 2.77. The van der Waals surface area contributed by atoms with Crippen molar-refractivity contribution in [2.45, 2.75) is 54.4 Å². The van der Waals surface area contributed by atoms with E-state index in [1.165, 1.54) is 21.6 Å². The number of nitrogens with zero attached hydrogens (tertiary/aromatic N) is 2. The van der Waals surface area contributed by atoms with Gasteiger partial charge < -0.3 is 4.57 Å². The van der Waals surface area contributed by atoms with E-state index in [1.807, 2.05) is 44.2 Å². The van der Waals surface area contributed by atoms with E-state index in [9.17, 15) is 9.59 Å². The van der Waals surface area contributed by atoms with Crippen molar-refractivity contribution in [2.24, 2.45) is 0 Å². The van der Waals surface area contributed by atoms with E-state index in [0.717, 1.165) is 28.2 Å². The fraction of sp³-hybridized carbons (Fsp3) is 0.276. The fourth-order valence-corrected chi connectivity index (χ4v) is 5.14. The van der Waals surface area contributed by atoms with Crippen LogP contribution >= 0.6 is 12.2 Å². The summed E-state index contributed by atoms with van der Waals surface area (Å²) in [4.78, 5) is 27.7. The minimum absolute atomic E-state index is 0.0594. The first-order valence-electron chi connectivity index (χ1n) is 11.8. The Balaban J connectivity index is 1.77. The van der Waals surface area contributed by atoms with Crippen molar-refractivity contribution in [3.8, 4) is 5.69 Å². The van der Waals surface area contributed by atoms with E-state index in [2.05, 4.69) is 56.6 Å². The van der Waals surface area contributed by atoms with Gasteiger partial charge in [0.05, 0.1) is 11.4 Å². The molecule has 0 bridgehead atoms. The number of anilines is 1. The number of aryl methyl sites for hydroxylation is 4. The fourth-order valence-electron chi connectivity index (χ4n) is 4.86. The number of nitrogens with one attached hydrogen (secondary N) is 1. The molecule has 1 saturated heterocycles. The lowest BCUT2D eigenvalue weighted by Gasteiger charge is -2.29. The average molecular weight is 486 g/mol. The van der Waals surface area contributed by atoms with E-state index >= 15 is 0 Å². The van der Waals surface area contributed by atoms with Crippen molar-refractivity contribution < 1.29 is 9.59 Å². The second-order valence-corrected chi connectivity index (χ2v) is 10.00. The van der Waals surface area contributed by atoms with Gasteiger partial charge in [-0.2, -0.15) is 0 Å². The summed E-state index contributed by atoms with van der Waals surface area (Å²) in [6.07, 6.45) is 1.67. The Morgan fingerprint density at radius 1 is 0.914 bits per heavy atom. The number of aromatic nitrogens is 1. The predicted molar refractivity (Wildman–Crippen MR) is 146 cm³/mol. The van der Waals surface area contributed by atoms with Gasteiger partial charge in [-0.1, -0.05) is 43.7 Å². The molecule has 6 heteroatoms. The van der Waals surface area contributed by atoms with Crippen molar-refractivity contribution >= 4 is 40.9 Å². The molecule has 0 aliphatic carbocycles. The predicted octanol–water partition coefficient (Wildman–Crippen LogP) is 5.97. The second kappa shape index (κ2) is 9.27. The maximum Gasteiger partial charge on any atom is 0.270 e. The van der Waals surface area contributed by atoms with Gasteiger partial charge in [0.15, 0.2) is 5.11 Å². The van der Waals surface area contributed by atoms with Gasteiger partial charge in [0, 0.05) is 11.4 Å². The Bertz CT molecular complexity index is 1370. The van der Waals surface area contributed by atoms with Crippen LogP contribution in [0.2, 0.25) is 0 Å². The van der Waals surface area contributed by atoms with Crippen LogP contribution in [0.5, 0.6) is 0 Å². The average Bonchev–Trinajstić information content (AvgIpc) is 3.04. The van der Waals surface area contributed by atoms with Crippen molar-refractivity contribution in [2.75, 3.05) is 4.90 Å². The first-order chi connectivity index (χ1) is 16.5. The molecule has 5 nitrogen and oxygen atoms in total. The molecule has 0 radical (unpaired) electrons. The summed E-state index contributed by atoms with van der Waals surface area (Å²) >= 11 is 5.36. The summed E-state index contributed by atoms with van der Waals surface area (Å²) in [5.41, 5.74) is 9.37. The number of benzene rings is 2. The van der Waals surface area contributed by atoms with Crippen LogP contribution in [0.4, 0.5) is 5.69 Å². The molecule has 180 valence electrons. The first kappa shape index (κ1) is 24.6. The highest BCUT2D eigenvalue weighted by atomic mass is 32.1. The number of carbonyl (C=O) groups excluding carboxylic acids is 2. The molecule has 1 N–H and O–H groups in total. The lowest BCUT2D eigenvalue weighted by molar-refractivity contribution is -0.122. The molecule has 4 rings (SSSR count). The lowest BCUT2D eigenvalue weighted by Crippen LogP contribution is -2.54. The normalized spacial score (nSPS) is 15.4. The van der Waals surface area contributed by atoms with Gasteiger partial charge in [-0.05, 0) is 99.3 Å². The molecule has 1 aromatic heterocycles. The molecular formula is C29H31N3O2S. The topological polar surface area (TPSA) is 54.3 Å². The molecule has 0 atom stereocenters. The summed E-state index contributed by atoms with van der Waals surface area (Å²) in [5.74, 6) is -0.537. The molecule has 2 heterocycles. The van der Waals surface area contributed by atoms with Gasteiger partial charge in [0.2, 0.25) is 0 Å². The van der Waals surface area contributed by atoms with Crippen LogP contribution in [0.15, 0.2) is 48.0 Å². The molecule has 35 heavy (non-hydrogen) atoms. The number of thiocarbonyl (C=S) groups is 1. The summed E-state index contributed by atoms with van der Waals surface area (Å²) in [6, 6.07) is 14.0. The Hall–Kier alpha value is -3.51. The van der Waals surface area contributed by atoms with Crippen LogP contribution < -0.4 is 10.2 Å². The summed E-state index contributed by atoms with van der Waals surface area (Å²) < 4.78 is 2.19. The first-order valence-corrected chi connectivity index (χ1v) is 12.2. The molecule has 3 aromatic rings. The molecule has 0 saturated carbocycles. The third-order valence-electron chi connectivity index (χ3n) is 6.55. The zero-order valence-electron chi connectivity index (χ0n) is 21.3. The zero-order valence-corrected chi connectivity index (χ0v) is 22.1. The Morgan fingerprint density at radius 2 is 1.51 bits per heavy atom. The van der Waals surface area contributed by atoms with Gasteiger partial charge in [0.25, 0.3) is 11.8 Å². The van der Waals surface area contributed by atoms with E-state index in [-0.39, 0.29) is 10.7 Å². The maximum atomic E-state index is 13.5. The van der Waals surface area contributed by atoms with Crippen LogP contribution in [-0.4, -0.2) is 21.5 Å². The van der Waals surface area contributed by atoms with Crippen molar-refractivity contribution in [1.29, 1.82) is 0 Å². The second-order valence-electron chi connectivity index (χ2n) is 9.61. The molecule has 0 spiro atoms. The van der Waals surface area contributed by atoms with E-state index in [0.29, 0.717) is 11.6 Å². The Labute approximate surface area is 212 Å². The standard InChI is InChI=1S/C29H31N3O2S/c1-16(2)22-8-10-24(11-9-22)32-28(34)25(27(33)30-29(32)35)15-23-14-20(6)31(21(23)7)26-18(4)12-17(3)13-19(26)5/h8-16H,1-7H3,(H,30,33,35)/b25-15+. The third-order valence-corrected chi connectivity index (χ3v) is 6.83. The number of amides is 2. The van der Waals surface area contributed by atoms with E-state index in [1.54, 1.807) is 6.08 Å². The third kappa shape index (κ3) is 4.46. The van der Waals surface area contributed by atoms with Crippen LogP contribution in [-0.2, 0) is 9.59 Å².